The number of aromatic nitrogens is 4. The van der Waals surface area contributed by atoms with E-state index in [4.69, 9.17) is 0 Å². The molecule has 0 atom stereocenters. The standard InChI is InChI=1S/C23H27N5OS.2ClH/c1-3-21(29)18-9-8-17-10-13-28(16-19(17)15-18)12-6-14-30-23-26-25-22(27(23)2)20-7-4-5-11-24-20;;/h4-5,7-9,11,15H,3,6,10,12-14,16H2,1-2H3;2*1H. The van der Waals surface area contributed by atoms with Gasteiger partial charge in [-0.2, -0.15) is 0 Å². The maximum atomic E-state index is 12.0. The van der Waals surface area contributed by atoms with E-state index in [9.17, 15) is 4.79 Å². The van der Waals surface area contributed by atoms with Crippen molar-refractivity contribution in [2.24, 2.45) is 7.05 Å². The first kappa shape index (κ1) is 26.3. The Balaban J connectivity index is 0.00000181. The molecule has 0 saturated heterocycles. The highest BCUT2D eigenvalue weighted by Gasteiger charge is 2.18. The number of pyridine rings is 1. The Hall–Kier alpha value is -1.93. The molecule has 32 heavy (non-hydrogen) atoms. The minimum absolute atomic E-state index is 0. The minimum atomic E-state index is 0. The molecule has 3 heterocycles. The van der Waals surface area contributed by atoms with Gasteiger partial charge in [0.05, 0.1) is 0 Å². The Morgan fingerprint density at radius 3 is 2.72 bits per heavy atom. The summed E-state index contributed by atoms with van der Waals surface area (Å²) in [5, 5.41) is 9.55. The summed E-state index contributed by atoms with van der Waals surface area (Å²) in [6, 6.07) is 12.0. The Morgan fingerprint density at radius 1 is 1.12 bits per heavy atom. The van der Waals surface area contributed by atoms with E-state index in [1.54, 1.807) is 18.0 Å². The quantitative estimate of drug-likeness (QED) is 0.253. The molecule has 6 nitrogen and oxygen atoms in total. The van der Waals surface area contributed by atoms with Crippen LogP contribution in [0.1, 0.15) is 41.3 Å². The molecule has 0 fully saturated rings. The lowest BCUT2D eigenvalue weighted by molar-refractivity contribution is 0.0988. The summed E-state index contributed by atoms with van der Waals surface area (Å²) in [4.78, 5) is 18.9. The number of thioether (sulfide) groups is 1. The molecule has 0 amide bonds. The predicted molar refractivity (Wildman–Crippen MR) is 134 cm³/mol. The first-order valence-corrected chi connectivity index (χ1v) is 11.4. The molecule has 1 aliphatic heterocycles. The molecular formula is C23H29Cl2N5OS. The average Bonchev–Trinajstić information content (AvgIpc) is 3.16. The van der Waals surface area contributed by atoms with Crippen molar-refractivity contribution in [3.05, 3.63) is 59.3 Å². The molecule has 0 saturated carbocycles. The maximum Gasteiger partial charge on any atom is 0.191 e. The monoisotopic (exact) mass is 493 g/mol. The minimum Gasteiger partial charge on any atom is -0.304 e. The smallest absolute Gasteiger partial charge is 0.191 e. The summed E-state index contributed by atoms with van der Waals surface area (Å²) in [7, 11) is 1.99. The van der Waals surface area contributed by atoms with Gasteiger partial charge in [0.2, 0.25) is 0 Å². The molecule has 0 spiro atoms. The van der Waals surface area contributed by atoms with Crippen LogP contribution in [-0.2, 0) is 20.0 Å². The van der Waals surface area contributed by atoms with Gasteiger partial charge < -0.3 is 4.57 Å². The topological polar surface area (TPSA) is 63.9 Å². The third-order valence-corrected chi connectivity index (χ3v) is 6.63. The lowest BCUT2D eigenvalue weighted by Gasteiger charge is -2.29. The van der Waals surface area contributed by atoms with E-state index in [1.807, 2.05) is 42.8 Å². The van der Waals surface area contributed by atoms with Gasteiger partial charge in [-0.15, -0.1) is 35.0 Å². The summed E-state index contributed by atoms with van der Waals surface area (Å²) in [6.45, 7) is 4.97. The number of hydrogen-bond acceptors (Lipinski definition) is 6. The summed E-state index contributed by atoms with van der Waals surface area (Å²) in [5.41, 5.74) is 4.38. The van der Waals surface area contributed by atoms with Gasteiger partial charge in [0.1, 0.15) is 5.69 Å². The molecule has 1 aromatic carbocycles. The largest absolute Gasteiger partial charge is 0.304 e. The van der Waals surface area contributed by atoms with E-state index in [-0.39, 0.29) is 30.6 Å². The van der Waals surface area contributed by atoms with Crippen LogP contribution in [0.3, 0.4) is 0 Å². The molecule has 0 aliphatic carbocycles. The zero-order chi connectivity index (χ0) is 20.9. The first-order valence-electron chi connectivity index (χ1n) is 10.5. The fraction of sp³-hybridized carbons (Fsp3) is 0.391. The highest BCUT2D eigenvalue weighted by atomic mass is 35.5. The zero-order valence-electron chi connectivity index (χ0n) is 18.4. The lowest BCUT2D eigenvalue weighted by Crippen LogP contribution is -2.31. The van der Waals surface area contributed by atoms with Crippen LogP contribution in [0, 0.1) is 0 Å². The van der Waals surface area contributed by atoms with E-state index >= 15 is 0 Å². The van der Waals surface area contributed by atoms with E-state index in [1.165, 1.54) is 11.1 Å². The van der Waals surface area contributed by atoms with Gasteiger partial charge in [0.25, 0.3) is 0 Å². The molecule has 172 valence electrons. The molecule has 4 rings (SSSR count). The van der Waals surface area contributed by atoms with Crippen molar-refractivity contribution in [1.29, 1.82) is 0 Å². The number of benzene rings is 1. The third kappa shape index (κ3) is 6.10. The first-order chi connectivity index (χ1) is 14.7. The van der Waals surface area contributed by atoms with E-state index in [0.717, 1.165) is 60.5 Å². The fourth-order valence-corrected chi connectivity index (χ4v) is 4.63. The lowest BCUT2D eigenvalue weighted by atomic mass is 9.95. The van der Waals surface area contributed by atoms with E-state index < -0.39 is 0 Å². The molecule has 0 bridgehead atoms. The molecule has 0 N–H and O–H groups in total. The number of nitrogens with zero attached hydrogens (tertiary/aromatic N) is 5. The van der Waals surface area contributed by atoms with Gasteiger partial charge in [0, 0.05) is 44.1 Å². The van der Waals surface area contributed by atoms with Crippen LogP contribution in [0.15, 0.2) is 47.8 Å². The van der Waals surface area contributed by atoms with Crippen LogP contribution in [0.5, 0.6) is 0 Å². The Labute approximate surface area is 206 Å². The fourth-order valence-electron chi connectivity index (χ4n) is 3.79. The molecule has 1 aliphatic rings. The number of carbonyl (C=O) groups excluding carboxylic acids is 1. The predicted octanol–water partition coefficient (Wildman–Crippen LogP) is 4.85. The summed E-state index contributed by atoms with van der Waals surface area (Å²) < 4.78 is 2.01. The van der Waals surface area contributed by atoms with Crippen molar-refractivity contribution in [1.82, 2.24) is 24.6 Å². The maximum absolute atomic E-state index is 12.0. The third-order valence-electron chi connectivity index (χ3n) is 5.52. The van der Waals surface area contributed by atoms with Crippen LogP contribution < -0.4 is 0 Å². The second-order valence-electron chi connectivity index (χ2n) is 7.57. The van der Waals surface area contributed by atoms with Crippen molar-refractivity contribution >= 4 is 42.4 Å². The van der Waals surface area contributed by atoms with E-state index in [2.05, 4.69) is 32.2 Å². The number of halogens is 2. The zero-order valence-corrected chi connectivity index (χ0v) is 20.8. The van der Waals surface area contributed by atoms with Gasteiger partial charge in [-0.3, -0.25) is 14.7 Å². The number of carbonyl (C=O) groups is 1. The van der Waals surface area contributed by atoms with Crippen molar-refractivity contribution < 1.29 is 4.79 Å². The molecule has 3 aromatic rings. The molecule has 2 aromatic heterocycles. The molecule has 0 unspecified atom stereocenters. The summed E-state index contributed by atoms with van der Waals surface area (Å²) in [6.07, 6.45) is 4.47. The molecular weight excluding hydrogens is 465 g/mol. The normalized spacial score (nSPS) is 13.1. The van der Waals surface area contributed by atoms with Crippen LogP contribution >= 0.6 is 36.6 Å². The van der Waals surface area contributed by atoms with E-state index in [0.29, 0.717) is 6.42 Å². The van der Waals surface area contributed by atoms with Crippen molar-refractivity contribution in [3.8, 4) is 11.5 Å². The molecule has 0 radical (unpaired) electrons. The second-order valence-corrected chi connectivity index (χ2v) is 8.63. The van der Waals surface area contributed by atoms with Gasteiger partial charge in [-0.1, -0.05) is 36.9 Å². The number of fused-ring (bicyclic) bond motifs is 1. The van der Waals surface area contributed by atoms with Crippen LogP contribution in [0.25, 0.3) is 11.5 Å². The highest BCUT2D eigenvalue weighted by molar-refractivity contribution is 7.99. The highest BCUT2D eigenvalue weighted by Crippen LogP contribution is 2.24. The molecule has 9 heteroatoms. The second kappa shape index (κ2) is 12.3. The van der Waals surface area contributed by atoms with Gasteiger partial charge in [-0.05, 0) is 48.7 Å². The van der Waals surface area contributed by atoms with Gasteiger partial charge >= 0.3 is 0 Å². The number of rotatable bonds is 8. The van der Waals surface area contributed by atoms with Crippen molar-refractivity contribution in [2.45, 2.75) is 37.9 Å². The van der Waals surface area contributed by atoms with Crippen molar-refractivity contribution in [2.75, 3.05) is 18.8 Å². The number of hydrogen-bond donors (Lipinski definition) is 0. The number of Topliss-reactive ketones (excluding diaryl/α,β-unsaturated/α-hetero) is 1. The summed E-state index contributed by atoms with van der Waals surface area (Å²) in [5.74, 6) is 2.01. The Kier molecular flexibility index (Phi) is 10.2. The number of ketones is 1. The Bertz CT molecular complexity index is 1030. The van der Waals surface area contributed by atoms with Crippen molar-refractivity contribution in [3.63, 3.8) is 0 Å². The van der Waals surface area contributed by atoms with Crippen LogP contribution in [0.2, 0.25) is 0 Å². The SMILES string of the molecule is CCC(=O)c1ccc2c(c1)CN(CCCSc1nnc(-c3ccccn3)n1C)CC2.Cl.Cl. The summed E-state index contributed by atoms with van der Waals surface area (Å²) >= 11 is 1.74. The Morgan fingerprint density at radius 2 is 1.97 bits per heavy atom. The van der Waals surface area contributed by atoms with Crippen LogP contribution in [-0.4, -0.2) is 49.3 Å². The van der Waals surface area contributed by atoms with Gasteiger partial charge in [-0.25, -0.2) is 0 Å². The average molecular weight is 494 g/mol. The van der Waals surface area contributed by atoms with Gasteiger partial charge in [0.15, 0.2) is 16.8 Å². The van der Waals surface area contributed by atoms with Crippen LogP contribution in [0.4, 0.5) is 0 Å².